The number of hydrogen-bond acceptors (Lipinski definition) is 3. The van der Waals surface area contributed by atoms with Gasteiger partial charge in [-0.2, -0.15) is 18.3 Å². The molecule has 0 aromatic rings. The second-order valence-corrected chi connectivity index (χ2v) is 2.73. The number of halogens is 3. The van der Waals surface area contributed by atoms with Gasteiger partial charge in [-0.3, -0.25) is 5.01 Å². The summed E-state index contributed by atoms with van der Waals surface area (Å²) in [5.74, 6) is 0. The zero-order chi connectivity index (χ0) is 10.1. The zero-order valence-corrected chi connectivity index (χ0v) is 7.54. The smallest absolute Gasteiger partial charge is 0.332 e. The average molecular weight is 195 g/mol. The highest BCUT2D eigenvalue weighted by atomic mass is 19.4. The molecule has 0 saturated carbocycles. The summed E-state index contributed by atoms with van der Waals surface area (Å²) in [5.41, 5.74) is 0. The van der Waals surface area contributed by atoms with E-state index >= 15 is 0 Å². The minimum Gasteiger partial charge on any atom is -0.332 e. The van der Waals surface area contributed by atoms with Crippen LogP contribution in [-0.4, -0.2) is 41.7 Å². The van der Waals surface area contributed by atoms with Crippen LogP contribution < -0.4 is 0 Å². The topological polar surface area (TPSA) is 18.8 Å². The highest BCUT2D eigenvalue weighted by Crippen LogP contribution is 2.29. The molecule has 1 aliphatic heterocycles. The van der Waals surface area contributed by atoms with Gasteiger partial charge in [0.1, 0.15) is 6.34 Å². The molecule has 1 atom stereocenters. The van der Waals surface area contributed by atoms with E-state index in [9.17, 15) is 13.2 Å². The van der Waals surface area contributed by atoms with Crippen molar-refractivity contribution in [3.05, 3.63) is 0 Å². The predicted octanol–water partition coefficient (Wildman–Crippen LogP) is 1.48. The minimum absolute atomic E-state index is 0.261. The predicted molar refractivity (Wildman–Crippen MR) is 43.1 cm³/mol. The molecule has 0 aliphatic carbocycles. The van der Waals surface area contributed by atoms with Crippen LogP contribution >= 0.6 is 0 Å². The van der Waals surface area contributed by atoms with Crippen LogP contribution in [0.4, 0.5) is 13.2 Å². The number of hydrogen-bond donors (Lipinski definition) is 0. The van der Waals surface area contributed by atoms with Crippen molar-refractivity contribution in [2.45, 2.75) is 26.2 Å². The van der Waals surface area contributed by atoms with Crippen LogP contribution in [0.25, 0.3) is 0 Å². The lowest BCUT2D eigenvalue weighted by Gasteiger charge is -2.30. The Bertz CT molecular complexity index is 188. The van der Waals surface area contributed by atoms with Crippen LogP contribution in [0.3, 0.4) is 0 Å². The summed E-state index contributed by atoms with van der Waals surface area (Å²) in [7, 11) is 0. The van der Waals surface area contributed by atoms with Gasteiger partial charge in [0, 0.05) is 13.1 Å². The molecule has 76 valence electrons. The second-order valence-electron chi connectivity index (χ2n) is 2.73. The summed E-state index contributed by atoms with van der Waals surface area (Å²) >= 11 is 0. The van der Waals surface area contributed by atoms with Gasteiger partial charge in [-0.1, -0.05) is 0 Å². The largest absolute Gasteiger partial charge is 0.429 e. The molecule has 13 heavy (non-hydrogen) atoms. The summed E-state index contributed by atoms with van der Waals surface area (Å²) in [6, 6.07) is 0. The highest BCUT2D eigenvalue weighted by molar-refractivity contribution is 5.57. The van der Waals surface area contributed by atoms with Gasteiger partial charge in [0.05, 0.1) is 0 Å². The van der Waals surface area contributed by atoms with Gasteiger partial charge >= 0.3 is 6.18 Å². The summed E-state index contributed by atoms with van der Waals surface area (Å²) < 4.78 is 37.4. The van der Waals surface area contributed by atoms with E-state index in [0.717, 1.165) is 5.01 Å². The molecular formula is C7H12F3N3. The number of nitrogens with zero attached hydrogens (tertiary/aromatic N) is 3. The first-order valence-corrected chi connectivity index (χ1v) is 4.14. The summed E-state index contributed by atoms with van der Waals surface area (Å²) in [5, 5.41) is 4.70. The first kappa shape index (κ1) is 10.1. The lowest BCUT2D eigenvalue weighted by Crippen LogP contribution is -2.50. The van der Waals surface area contributed by atoms with Gasteiger partial charge in [-0.15, -0.1) is 0 Å². The van der Waals surface area contributed by atoms with E-state index in [-0.39, 0.29) is 6.54 Å². The SMILES string of the molecule is CCN1C=NN(CC)C1C(F)(F)F. The van der Waals surface area contributed by atoms with Crippen LogP contribution in [0.1, 0.15) is 13.8 Å². The Morgan fingerprint density at radius 1 is 1.31 bits per heavy atom. The normalized spacial score (nSPS) is 23.0. The van der Waals surface area contributed by atoms with E-state index in [1.54, 1.807) is 13.8 Å². The Labute approximate surface area is 74.8 Å². The zero-order valence-electron chi connectivity index (χ0n) is 7.54. The van der Waals surface area contributed by atoms with Crippen molar-refractivity contribution in [1.29, 1.82) is 0 Å². The monoisotopic (exact) mass is 195 g/mol. The van der Waals surface area contributed by atoms with Crippen LogP contribution in [0.2, 0.25) is 0 Å². The summed E-state index contributed by atoms with van der Waals surface area (Å²) in [6.07, 6.45) is -4.59. The molecule has 0 bridgehead atoms. The minimum atomic E-state index is -4.25. The lowest BCUT2D eigenvalue weighted by molar-refractivity contribution is -0.206. The highest BCUT2D eigenvalue weighted by Gasteiger charge is 2.48. The molecule has 3 nitrogen and oxygen atoms in total. The van der Waals surface area contributed by atoms with Gasteiger partial charge in [0.2, 0.25) is 6.17 Å². The molecule has 0 radical (unpaired) electrons. The van der Waals surface area contributed by atoms with E-state index in [1.807, 2.05) is 0 Å². The van der Waals surface area contributed by atoms with Crippen molar-refractivity contribution in [3.63, 3.8) is 0 Å². The molecule has 0 aromatic carbocycles. The fourth-order valence-corrected chi connectivity index (χ4v) is 1.30. The third-order valence-electron chi connectivity index (χ3n) is 1.93. The van der Waals surface area contributed by atoms with Gasteiger partial charge < -0.3 is 4.90 Å². The standard InChI is InChI=1S/C7H12F3N3/c1-3-12-5-11-13(4-2)6(12)7(8,9)10/h5-6H,3-4H2,1-2H3. The molecule has 6 heteroatoms. The van der Waals surface area contributed by atoms with Crippen molar-refractivity contribution < 1.29 is 13.2 Å². The molecule has 1 unspecified atom stereocenters. The summed E-state index contributed by atoms with van der Waals surface area (Å²) in [4.78, 5) is 1.17. The maximum atomic E-state index is 12.5. The Morgan fingerprint density at radius 2 is 1.92 bits per heavy atom. The molecule has 1 aliphatic rings. The van der Waals surface area contributed by atoms with Crippen LogP contribution in [0.5, 0.6) is 0 Å². The van der Waals surface area contributed by atoms with Crippen LogP contribution in [-0.2, 0) is 0 Å². The van der Waals surface area contributed by atoms with Crippen molar-refractivity contribution in [2.75, 3.05) is 13.1 Å². The molecule has 1 heterocycles. The maximum absolute atomic E-state index is 12.5. The van der Waals surface area contributed by atoms with Gasteiger partial charge in [0.25, 0.3) is 0 Å². The van der Waals surface area contributed by atoms with E-state index in [1.165, 1.54) is 11.2 Å². The van der Waals surface area contributed by atoms with Crippen molar-refractivity contribution in [2.24, 2.45) is 5.10 Å². The van der Waals surface area contributed by atoms with Crippen molar-refractivity contribution in [1.82, 2.24) is 9.91 Å². The van der Waals surface area contributed by atoms with Gasteiger partial charge in [0.15, 0.2) is 0 Å². The number of rotatable bonds is 2. The molecule has 1 rings (SSSR count). The number of hydrazone groups is 1. The van der Waals surface area contributed by atoms with Crippen molar-refractivity contribution in [3.8, 4) is 0 Å². The molecule has 0 aromatic heterocycles. The first-order valence-electron chi connectivity index (χ1n) is 4.14. The third-order valence-corrected chi connectivity index (χ3v) is 1.93. The van der Waals surface area contributed by atoms with Crippen molar-refractivity contribution >= 4 is 6.34 Å². The molecule has 0 N–H and O–H groups in total. The van der Waals surface area contributed by atoms with Crippen LogP contribution in [0, 0.1) is 0 Å². The Hall–Kier alpha value is -0.940. The van der Waals surface area contributed by atoms with Crippen LogP contribution in [0.15, 0.2) is 5.10 Å². The molecular weight excluding hydrogens is 183 g/mol. The second kappa shape index (κ2) is 3.43. The Morgan fingerprint density at radius 3 is 2.31 bits per heavy atom. The Balaban J connectivity index is 2.78. The molecule has 0 amide bonds. The van der Waals surface area contributed by atoms with E-state index in [0.29, 0.717) is 6.54 Å². The fraction of sp³-hybridized carbons (Fsp3) is 0.857. The van der Waals surface area contributed by atoms with Gasteiger partial charge in [-0.25, -0.2) is 0 Å². The van der Waals surface area contributed by atoms with Gasteiger partial charge in [-0.05, 0) is 13.8 Å². The summed E-state index contributed by atoms with van der Waals surface area (Å²) in [6.45, 7) is 3.89. The Kier molecular flexibility index (Phi) is 2.68. The average Bonchev–Trinajstić information content (AvgIpc) is 2.45. The van der Waals surface area contributed by atoms with E-state index < -0.39 is 12.3 Å². The first-order chi connectivity index (χ1) is 6.00. The maximum Gasteiger partial charge on any atom is 0.429 e. The number of alkyl halides is 3. The third kappa shape index (κ3) is 1.87. The fourth-order valence-electron chi connectivity index (χ4n) is 1.30. The van der Waals surface area contributed by atoms with E-state index in [2.05, 4.69) is 5.10 Å². The molecule has 0 spiro atoms. The molecule has 0 saturated heterocycles. The van der Waals surface area contributed by atoms with E-state index in [4.69, 9.17) is 0 Å². The lowest BCUT2D eigenvalue weighted by atomic mass is 10.4. The quantitative estimate of drug-likeness (QED) is 0.664. The molecule has 0 fully saturated rings.